The van der Waals surface area contributed by atoms with Crippen molar-refractivity contribution >= 4 is 11.8 Å². The van der Waals surface area contributed by atoms with Crippen LogP contribution in [0.25, 0.3) is 0 Å². The molecule has 7 nitrogen and oxygen atoms in total. The molecule has 3 rings (SSSR count). The molecular formula is C19H28N4O3. The SMILES string of the molecule is CCOc1ccc(C(=O)NCC(=O)N2CCC(N3CCNCC3)C2)cc1. The zero-order valence-electron chi connectivity index (χ0n) is 15.4. The number of benzene rings is 1. The predicted molar refractivity (Wildman–Crippen MR) is 99.4 cm³/mol. The molecule has 0 aliphatic carbocycles. The van der Waals surface area contributed by atoms with E-state index in [2.05, 4.69) is 15.5 Å². The van der Waals surface area contributed by atoms with Crippen molar-refractivity contribution in [2.45, 2.75) is 19.4 Å². The summed E-state index contributed by atoms with van der Waals surface area (Å²) < 4.78 is 5.37. The molecule has 26 heavy (non-hydrogen) atoms. The third kappa shape index (κ3) is 4.74. The molecule has 2 N–H and O–H groups in total. The van der Waals surface area contributed by atoms with Crippen LogP contribution in [0.5, 0.6) is 5.75 Å². The number of carbonyl (C=O) groups is 2. The van der Waals surface area contributed by atoms with Gasteiger partial charge in [0.1, 0.15) is 5.75 Å². The molecule has 0 saturated carbocycles. The number of nitrogens with zero attached hydrogens (tertiary/aromatic N) is 2. The van der Waals surface area contributed by atoms with Gasteiger partial charge in [-0.1, -0.05) is 0 Å². The molecule has 1 aromatic rings. The van der Waals surface area contributed by atoms with E-state index in [1.54, 1.807) is 24.3 Å². The highest BCUT2D eigenvalue weighted by molar-refractivity contribution is 5.96. The fraction of sp³-hybridized carbons (Fsp3) is 0.579. The van der Waals surface area contributed by atoms with Crippen LogP contribution >= 0.6 is 0 Å². The third-order valence-electron chi connectivity index (χ3n) is 5.01. The van der Waals surface area contributed by atoms with Gasteiger partial charge >= 0.3 is 0 Å². The molecule has 0 radical (unpaired) electrons. The largest absolute Gasteiger partial charge is 0.494 e. The molecule has 1 unspecified atom stereocenters. The summed E-state index contributed by atoms with van der Waals surface area (Å²) in [6.45, 7) is 8.19. The van der Waals surface area contributed by atoms with E-state index in [4.69, 9.17) is 4.74 Å². The Balaban J connectivity index is 1.44. The highest BCUT2D eigenvalue weighted by atomic mass is 16.5. The summed E-state index contributed by atoms with van der Waals surface area (Å²) in [7, 11) is 0. The Bertz CT molecular complexity index is 614. The van der Waals surface area contributed by atoms with Gasteiger partial charge in [0, 0.05) is 50.9 Å². The van der Waals surface area contributed by atoms with Crippen molar-refractivity contribution in [2.24, 2.45) is 0 Å². The number of hydrogen-bond donors (Lipinski definition) is 2. The van der Waals surface area contributed by atoms with Gasteiger partial charge in [-0.25, -0.2) is 0 Å². The summed E-state index contributed by atoms with van der Waals surface area (Å²) in [6, 6.07) is 7.39. The standard InChI is InChI=1S/C19H28N4O3/c1-2-26-17-5-3-15(4-6-17)19(25)21-13-18(24)23-10-7-16(14-23)22-11-8-20-9-12-22/h3-6,16,20H,2,7-14H2,1H3,(H,21,25). The first-order chi connectivity index (χ1) is 12.7. The van der Waals surface area contributed by atoms with Gasteiger partial charge in [-0.15, -0.1) is 0 Å². The summed E-state index contributed by atoms with van der Waals surface area (Å²) >= 11 is 0. The van der Waals surface area contributed by atoms with Crippen molar-refractivity contribution in [2.75, 3.05) is 52.4 Å². The van der Waals surface area contributed by atoms with Crippen LogP contribution in [0.3, 0.4) is 0 Å². The lowest BCUT2D eigenvalue weighted by Crippen LogP contribution is -2.49. The molecule has 0 spiro atoms. The third-order valence-corrected chi connectivity index (χ3v) is 5.01. The minimum Gasteiger partial charge on any atom is -0.494 e. The van der Waals surface area contributed by atoms with Crippen LogP contribution < -0.4 is 15.4 Å². The normalized spacial score (nSPS) is 20.8. The van der Waals surface area contributed by atoms with E-state index < -0.39 is 0 Å². The molecule has 0 bridgehead atoms. The second kappa shape index (κ2) is 9.00. The molecule has 2 aliphatic heterocycles. The van der Waals surface area contributed by atoms with E-state index in [1.807, 2.05) is 11.8 Å². The van der Waals surface area contributed by atoms with Gasteiger partial charge in [-0.2, -0.15) is 0 Å². The summed E-state index contributed by atoms with van der Waals surface area (Å²) in [5.74, 6) is 0.484. The lowest BCUT2D eigenvalue weighted by Gasteiger charge is -2.32. The van der Waals surface area contributed by atoms with Gasteiger partial charge in [-0.05, 0) is 37.6 Å². The monoisotopic (exact) mass is 360 g/mol. The first kappa shape index (κ1) is 18.7. The summed E-state index contributed by atoms with van der Waals surface area (Å²) in [5.41, 5.74) is 0.529. The lowest BCUT2D eigenvalue weighted by atomic mass is 10.2. The Morgan fingerprint density at radius 2 is 1.92 bits per heavy atom. The number of rotatable bonds is 6. The van der Waals surface area contributed by atoms with Crippen LogP contribution in [0.15, 0.2) is 24.3 Å². The summed E-state index contributed by atoms with van der Waals surface area (Å²) in [6.07, 6.45) is 1.01. The minimum atomic E-state index is -0.237. The van der Waals surface area contributed by atoms with E-state index in [1.165, 1.54) is 0 Å². The smallest absolute Gasteiger partial charge is 0.251 e. The van der Waals surface area contributed by atoms with Crippen LogP contribution in [0.4, 0.5) is 0 Å². The second-order valence-electron chi connectivity index (χ2n) is 6.71. The zero-order chi connectivity index (χ0) is 18.4. The number of piperazine rings is 1. The lowest BCUT2D eigenvalue weighted by molar-refractivity contribution is -0.129. The van der Waals surface area contributed by atoms with Gasteiger partial charge in [0.2, 0.25) is 5.91 Å². The molecule has 2 fully saturated rings. The molecule has 2 saturated heterocycles. The molecule has 2 amide bonds. The summed E-state index contributed by atoms with van der Waals surface area (Å²) in [4.78, 5) is 28.9. The van der Waals surface area contributed by atoms with Crippen LogP contribution in [0.2, 0.25) is 0 Å². The number of ether oxygens (including phenoxy) is 1. The topological polar surface area (TPSA) is 73.9 Å². The first-order valence-corrected chi connectivity index (χ1v) is 9.41. The molecule has 142 valence electrons. The maximum absolute atomic E-state index is 12.4. The van der Waals surface area contributed by atoms with Crippen molar-refractivity contribution < 1.29 is 14.3 Å². The first-order valence-electron chi connectivity index (χ1n) is 9.41. The highest BCUT2D eigenvalue weighted by Crippen LogP contribution is 2.16. The summed E-state index contributed by atoms with van der Waals surface area (Å²) in [5, 5.41) is 6.08. The maximum Gasteiger partial charge on any atom is 0.251 e. The molecule has 1 aromatic carbocycles. The zero-order valence-corrected chi connectivity index (χ0v) is 15.4. The van der Waals surface area contributed by atoms with Crippen LogP contribution in [0.1, 0.15) is 23.7 Å². The molecule has 1 atom stereocenters. The van der Waals surface area contributed by atoms with Crippen LogP contribution in [-0.4, -0.2) is 80.1 Å². The van der Waals surface area contributed by atoms with Gasteiger partial charge in [0.05, 0.1) is 13.2 Å². The van der Waals surface area contributed by atoms with E-state index in [0.717, 1.165) is 51.4 Å². The molecule has 2 heterocycles. The molecule has 2 aliphatic rings. The van der Waals surface area contributed by atoms with Gasteiger partial charge < -0.3 is 20.3 Å². The average molecular weight is 360 g/mol. The second-order valence-corrected chi connectivity index (χ2v) is 6.71. The van der Waals surface area contributed by atoms with Crippen LogP contribution in [-0.2, 0) is 4.79 Å². The fourth-order valence-corrected chi connectivity index (χ4v) is 3.55. The Labute approximate surface area is 154 Å². The van der Waals surface area contributed by atoms with Gasteiger partial charge in [-0.3, -0.25) is 14.5 Å². The number of carbonyl (C=O) groups excluding carboxylic acids is 2. The molecular weight excluding hydrogens is 332 g/mol. The van der Waals surface area contributed by atoms with Crippen molar-refractivity contribution in [1.29, 1.82) is 0 Å². The Morgan fingerprint density at radius 1 is 1.19 bits per heavy atom. The fourth-order valence-electron chi connectivity index (χ4n) is 3.55. The number of hydrogen-bond acceptors (Lipinski definition) is 5. The van der Waals surface area contributed by atoms with E-state index in [9.17, 15) is 9.59 Å². The maximum atomic E-state index is 12.4. The molecule has 0 aromatic heterocycles. The van der Waals surface area contributed by atoms with Gasteiger partial charge in [0.15, 0.2) is 0 Å². The van der Waals surface area contributed by atoms with Crippen molar-refractivity contribution in [3.05, 3.63) is 29.8 Å². The van der Waals surface area contributed by atoms with Gasteiger partial charge in [0.25, 0.3) is 5.91 Å². The Hall–Kier alpha value is -2.12. The van der Waals surface area contributed by atoms with Crippen molar-refractivity contribution in [3.63, 3.8) is 0 Å². The molecule has 7 heteroatoms. The van der Waals surface area contributed by atoms with E-state index >= 15 is 0 Å². The number of nitrogens with one attached hydrogen (secondary N) is 2. The van der Waals surface area contributed by atoms with E-state index in [-0.39, 0.29) is 18.4 Å². The van der Waals surface area contributed by atoms with Crippen molar-refractivity contribution in [1.82, 2.24) is 20.4 Å². The average Bonchev–Trinajstić information content (AvgIpc) is 3.18. The quantitative estimate of drug-likeness (QED) is 0.764. The number of amides is 2. The van der Waals surface area contributed by atoms with Crippen LogP contribution in [0, 0.1) is 0 Å². The highest BCUT2D eigenvalue weighted by Gasteiger charge is 2.30. The number of likely N-dealkylation sites (tertiary alicyclic amines) is 1. The Kier molecular flexibility index (Phi) is 6.46. The Morgan fingerprint density at radius 3 is 2.62 bits per heavy atom. The predicted octanol–water partition coefficient (Wildman–Crippen LogP) is 0.321. The van der Waals surface area contributed by atoms with E-state index in [0.29, 0.717) is 18.2 Å². The van der Waals surface area contributed by atoms with Crippen molar-refractivity contribution in [3.8, 4) is 5.75 Å². The minimum absolute atomic E-state index is 0.0121.